The topological polar surface area (TPSA) is 44.4 Å². The second-order valence-corrected chi connectivity index (χ2v) is 6.07. The summed E-state index contributed by atoms with van der Waals surface area (Å²) in [7, 11) is 1.98. The maximum Gasteiger partial charge on any atom is 0.234 e. The highest BCUT2D eigenvalue weighted by Gasteiger charge is 2.23. The molecule has 2 N–H and O–H groups in total. The zero-order valence-corrected chi connectivity index (χ0v) is 12.3. The summed E-state index contributed by atoms with van der Waals surface area (Å²) in [4.78, 5) is 15.5. The summed E-state index contributed by atoms with van der Waals surface area (Å²) < 4.78 is 0. The molecule has 0 saturated carbocycles. The Balaban J connectivity index is 1.76. The van der Waals surface area contributed by atoms with Crippen LogP contribution in [0.3, 0.4) is 0 Å². The van der Waals surface area contributed by atoms with Crippen LogP contribution in [-0.4, -0.2) is 43.5 Å². The number of hydrogen-bond acceptors (Lipinski definition) is 4. The van der Waals surface area contributed by atoms with E-state index in [1.54, 1.807) is 11.3 Å². The first-order chi connectivity index (χ1) is 9.29. The summed E-state index contributed by atoms with van der Waals surface area (Å²) in [5.74, 6) is 0.136. The minimum Gasteiger partial charge on any atom is -0.350 e. The number of likely N-dealkylation sites (N-methyl/N-ethyl adjacent to an activating group) is 1. The molecule has 1 atom stereocenters. The van der Waals surface area contributed by atoms with Gasteiger partial charge in [-0.3, -0.25) is 9.69 Å². The third kappa shape index (κ3) is 4.60. The van der Waals surface area contributed by atoms with Gasteiger partial charge in [-0.1, -0.05) is 12.5 Å². The van der Waals surface area contributed by atoms with Crippen molar-refractivity contribution in [3.63, 3.8) is 0 Å². The summed E-state index contributed by atoms with van der Waals surface area (Å²) in [6.07, 6.45) is 3.68. The van der Waals surface area contributed by atoms with Crippen molar-refractivity contribution >= 4 is 17.2 Å². The number of piperidine rings is 1. The third-order valence-electron chi connectivity index (χ3n) is 3.58. The van der Waals surface area contributed by atoms with Crippen molar-refractivity contribution in [1.29, 1.82) is 0 Å². The first-order valence-electron chi connectivity index (χ1n) is 6.97. The minimum absolute atomic E-state index is 0.136. The van der Waals surface area contributed by atoms with Crippen LogP contribution in [0.15, 0.2) is 17.5 Å². The lowest BCUT2D eigenvalue weighted by molar-refractivity contribution is -0.123. The van der Waals surface area contributed by atoms with Gasteiger partial charge >= 0.3 is 0 Å². The van der Waals surface area contributed by atoms with Crippen molar-refractivity contribution in [3.05, 3.63) is 22.4 Å². The van der Waals surface area contributed by atoms with Crippen LogP contribution in [0.25, 0.3) is 0 Å². The molecule has 106 valence electrons. The molecule has 0 spiro atoms. The van der Waals surface area contributed by atoms with Crippen molar-refractivity contribution in [1.82, 2.24) is 15.5 Å². The number of nitrogens with zero attached hydrogens (tertiary/aromatic N) is 1. The highest BCUT2D eigenvalue weighted by atomic mass is 32.1. The van der Waals surface area contributed by atoms with E-state index in [0.29, 0.717) is 19.1 Å². The molecule has 1 unspecified atom stereocenters. The van der Waals surface area contributed by atoms with Crippen LogP contribution in [0.2, 0.25) is 0 Å². The molecule has 1 aromatic heterocycles. The molecular formula is C14H23N3OS. The quantitative estimate of drug-likeness (QED) is 0.829. The zero-order valence-electron chi connectivity index (χ0n) is 11.5. The lowest BCUT2D eigenvalue weighted by atomic mass is 10.0. The summed E-state index contributed by atoms with van der Waals surface area (Å²) in [6, 6.07) is 4.57. The SMILES string of the molecule is CNCC1CCCCN1CC(=O)NCc1cccs1. The van der Waals surface area contributed by atoms with Gasteiger partial charge in [-0.25, -0.2) is 0 Å². The lowest BCUT2D eigenvalue weighted by Gasteiger charge is -2.35. The van der Waals surface area contributed by atoms with Crippen LogP contribution in [0.4, 0.5) is 0 Å². The summed E-state index contributed by atoms with van der Waals surface area (Å²) in [6.45, 7) is 3.19. The zero-order chi connectivity index (χ0) is 13.5. The predicted octanol–water partition coefficient (Wildman–Crippen LogP) is 1.44. The number of thiophene rings is 1. The van der Waals surface area contributed by atoms with Gasteiger partial charge in [0, 0.05) is 17.5 Å². The highest BCUT2D eigenvalue weighted by Crippen LogP contribution is 2.16. The van der Waals surface area contributed by atoms with Gasteiger partial charge in [-0.2, -0.15) is 0 Å². The van der Waals surface area contributed by atoms with Crippen LogP contribution in [0.5, 0.6) is 0 Å². The van der Waals surface area contributed by atoms with Crippen molar-refractivity contribution < 1.29 is 4.79 Å². The van der Waals surface area contributed by atoms with Gasteiger partial charge in [-0.15, -0.1) is 11.3 Å². The van der Waals surface area contributed by atoms with Crippen LogP contribution < -0.4 is 10.6 Å². The van der Waals surface area contributed by atoms with Gasteiger partial charge < -0.3 is 10.6 Å². The monoisotopic (exact) mass is 281 g/mol. The first-order valence-corrected chi connectivity index (χ1v) is 7.85. The maximum atomic E-state index is 12.0. The van der Waals surface area contributed by atoms with E-state index in [0.717, 1.165) is 13.1 Å². The molecule has 1 aromatic rings. The third-order valence-corrected chi connectivity index (χ3v) is 4.45. The first kappa shape index (κ1) is 14.5. The summed E-state index contributed by atoms with van der Waals surface area (Å²) in [5, 5.41) is 8.26. The number of likely N-dealkylation sites (tertiary alicyclic amines) is 1. The molecule has 1 saturated heterocycles. The van der Waals surface area contributed by atoms with Gasteiger partial charge in [-0.05, 0) is 37.9 Å². The number of carbonyl (C=O) groups excluding carboxylic acids is 1. The number of nitrogens with one attached hydrogen (secondary N) is 2. The number of carbonyl (C=O) groups is 1. The van der Waals surface area contributed by atoms with E-state index in [4.69, 9.17) is 0 Å². The van der Waals surface area contributed by atoms with Gasteiger partial charge in [0.2, 0.25) is 5.91 Å². The molecular weight excluding hydrogens is 258 g/mol. The van der Waals surface area contributed by atoms with Crippen molar-refractivity contribution in [2.75, 3.05) is 26.7 Å². The van der Waals surface area contributed by atoms with Crippen LogP contribution in [0.1, 0.15) is 24.1 Å². The van der Waals surface area contributed by atoms with E-state index in [-0.39, 0.29) is 5.91 Å². The Morgan fingerprint density at radius 1 is 1.53 bits per heavy atom. The molecule has 0 bridgehead atoms. The Kier molecular flexibility index (Phi) is 5.82. The Labute approximate surface area is 119 Å². The fourth-order valence-corrected chi connectivity index (χ4v) is 3.22. The molecule has 1 amide bonds. The Morgan fingerprint density at radius 2 is 2.42 bits per heavy atom. The van der Waals surface area contributed by atoms with E-state index in [1.807, 2.05) is 18.5 Å². The minimum atomic E-state index is 0.136. The van der Waals surface area contributed by atoms with Crippen molar-refractivity contribution in [2.24, 2.45) is 0 Å². The Morgan fingerprint density at radius 3 is 3.16 bits per heavy atom. The molecule has 2 heterocycles. The maximum absolute atomic E-state index is 12.0. The average molecular weight is 281 g/mol. The number of amides is 1. The van der Waals surface area contributed by atoms with Crippen LogP contribution >= 0.6 is 11.3 Å². The van der Waals surface area contributed by atoms with Crippen LogP contribution in [-0.2, 0) is 11.3 Å². The molecule has 1 aliphatic heterocycles. The van der Waals surface area contributed by atoms with E-state index in [2.05, 4.69) is 21.6 Å². The van der Waals surface area contributed by atoms with E-state index < -0.39 is 0 Å². The lowest BCUT2D eigenvalue weighted by Crippen LogP contribution is -2.48. The Bertz CT molecular complexity index is 378. The van der Waals surface area contributed by atoms with Gasteiger partial charge in [0.25, 0.3) is 0 Å². The molecule has 1 aliphatic rings. The smallest absolute Gasteiger partial charge is 0.234 e. The van der Waals surface area contributed by atoms with E-state index >= 15 is 0 Å². The van der Waals surface area contributed by atoms with Crippen molar-refractivity contribution in [2.45, 2.75) is 31.8 Å². The molecule has 4 nitrogen and oxygen atoms in total. The number of hydrogen-bond donors (Lipinski definition) is 2. The average Bonchev–Trinajstić information content (AvgIpc) is 2.92. The fourth-order valence-electron chi connectivity index (χ4n) is 2.57. The molecule has 5 heteroatoms. The standard InChI is InChI=1S/C14H23N3OS/c1-15-9-12-5-2-3-7-17(12)11-14(18)16-10-13-6-4-8-19-13/h4,6,8,12,15H,2-3,5,7,9-11H2,1H3,(H,16,18). The highest BCUT2D eigenvalue weighted by molar-refractivity contribution is 7.09. The van der Waals surface area contributed by atoms with Gasteiger partial charge in [0.05, 0.1) is 13.1 Å². The molecule has 19 heavy (non-hydrogen) atoms. The predicted molar refractivity (Wildman–Crippen MR) is 79.3 cm³/mol. The van der Waals surface area contributed by atoms with E-state index in [1.165, 1.54) is 24.1 Å². The largest absolute Gasteiger partial charge is 0.350 e. The molecule has 2 rings (SSSR count). The van der Waals surface area contributed by atoms with Crippen LogP contribution in [0, 0.1) is 0 Å². The second kappa shape index (κ2) is 7.62. The van der Waals surface area contributed by atoms with Gasteiger partial charge in [0.15, 0.2) is 0 Å². The van der Waals surface area contributed by atoms with Crippen molar-refractivity contribution in [3.8, 4) is 0 Å². The fraction of sp³-hybridized carbons (Fsp3) is 0.643. The Hall–Kier alpha value is -0.910. The summed E-state index contributed by atoms with van der Waals surface area (Å²) >= 11 is 1.68. The molecule has 0 radical (unpaired) electrons. The molecule has 0 aliphatic carbocycles. The normalized spacial score (nSPS) is 20.4. The second-order valence-electron chi connectivity index (χ2n) is 5.03. The summed E-state index contributed by atoms with van der Waals surface area (Å²) in [5.41, 5.74) is 0. The molecule has 1 fully saturated rings. The molecule has 0 aromatic carbocycles. The van der Waals surface area contributed by atoms with E-state index in [9.17, 15) is 4.79 Å². The van der Waals surface area contributed by atoms with Gasteiger partial charge in [0.1, 0.15) is 0 Å². The number of rotatable bonds is 6.